The van der Waals surface area contributed by atoms with Crippen LogP contribution in [0.25, 0.3) is 0 Å². The number of hydrogen-bond donors (Lipinski definition) is 1. The molecule has 1 unspecified atom stereocenters. The Morgan fingerprint density at radius 2 is 2.38 bits per heavy atom. The summed E-state index contributed by atoms with van der Waals surface area (Å²) in [4.78, 5) is 0. The van der Waals surface area contributed by atoms with Gasteiger partial charge in [-0.05, 0) is 6.92 Å². The fourth-order valence-corrected chi connectivity index (χ4v) is 1.21. The first kappa shape index (κ1) is 4.77. The third kappa shape index (κ3) is 0.361. The Morgan fingerprint density at radius 3 is 2.38 bits per heavy atom. The van der Waals surface area contributed by atoms with Crippen molar-refractivity contribution in [2.75, 3.05) is 19.7 Å². The van der Waals surface area contributed by atoms with Gasteiger partial charge in [-0.2, -0.15) is 0 Å². The Bertz CT molecular complexity index is 104. The van der Waals surface area contributed by atoms with E-state index in [-0.39, 0.29) is 6.10 Å². The van der Waals surface area contributed by atoms with Crippen LogP contribution in [0.4, 0.5) is 0 Å². The van der Waals surface area contributed by atoms with E-state index in [1.165, 1.54) is 0 Å². The summed E-state index contributed by atoms with van der Waals surface area (Å²) in [6.45, 7) is 7.01. The molecule has 1 radical (unpaired) electrons. The van der Waals surface area contributed by atoms with Gasteiger partial charge < -0.3 is 10.1 Å². The molecule has 2 fully saturated rings. The third-order valence-corrected chi connectivity index (χ3v) is 2.21. The molecule has 1 atom stereocenters. The summed E-state index contributed by atoms with van der Waals surface area (Å²) in [5.41, 5.74) is 0.458. The molecular weight excluding hydrogens is 102 g/mol. The molecule has 45 valence electrons. The Morgan fingerprint density at radius 1 is 1.62 bits per heavy atom. The maximum absolute atomic E-state index is 5.14. The predicted octanol–water partition coefficient (Wildman–Crippen LogP) is -0.191. The van der Waals surface area contributed by atoms with Gasteiger partial charge in [0.25, 0.3) is 0 Å². The lowest BCUT2D eigenvalue weighted by atomic mass is 9.74. The van der Waals surface area contributed by atoms with Gasteiger partial charge in [0.05, 0.1) is 12.7 Å². The predicted molar refractivity (Wildman–Crippen MR) is 30.4 cm³/mol. The number of hydrogen-bond acceptors (Lipinski definition) is 2. The van der Waals surface area contributed by atoms with Gasteiger partial charge in [0, 0.05) is 18.5 Å². The molecule has 8 heavy (non-hydrogen) atoms. The maximum atomic E-state index is 5.14. The van der Waals surface area contributed by atoms with E-state index in [0.29, 0.717) is 5.41 Å². The van der Waals surface area contributed by atoms with Crippen LogP contribution >= 0.6 is 0 Å². The van der Waals surface area contributed by atoms with Crippen LogP contribution in [0.1, 0.15) is 0 Å². The second kappa shape index (κ2) is 1.25. The van der Waals surface area contributed by atoms with Crippen LogP contribution in [0.5, 0.6) is 0 Å². The quantitative estimate of drug-likeness (QED) is 0.469. The van der Waals surface area contributed by atoms with Gasteiger partial charge >= 0.3 is 0 Å². The third-order valence-electron chi connectivity index (χ3n) is 2.21. The van der Waals surface area contributed by atoms with E-state index in [0.717, 1.165) is 19.7 Å². The average Bonchev–Trinajstić information content (AvgIpc) is 1.58. The molecule has 0 amide bonds. The van der Waals surface area contributed by atoms with Crippen molar-refractivity contribution in [2.24, 2.45) is 5.41 Å². The molecule has 1 N–H and O–H groups in total. The summed E-state index contributed by atoms with van der Waals surface area (Å²) in [7, 11) is 0. The first-order valence-electron chi connectivity index (χ1n) is 2.99. The summed E-state index contributed by atoms with van der Waals surface area (Å²) in [6.07, 6.45) is 0.267. The summed E-state index contributed by atoms with van der Waals surface area (Å²) in [6, 6.07) is 0. The van der Waals surface area contributed by atoms with Crippen LogP contribution in [0, 0.1) is 12.3 Å². The lowest BCUT2D eigenvalue weighted by Crippen LogP contribution is -2.68. The smallest absolute Gasteiger partial charge is 0.0679 e. The number of nitrogens with one attached hydrogen (secondary N) is 1. The molecule has 2 rings (SSSR count). The highest BCUT2D eigenvalue weighted by Gasteiger charge is 2.50. The van der Waals surface area contributed by atoms with Crippen molar-refractivity contribution in [1.29, 1.82) is 0 Å². The van der Waals surface area contributed by atoms with Gasteiger partial charge in [0.1, 0.15) is 0 Å². The van der Waals surface area contributed by atoms with E-state index < -0.39 is 0 Å². The molecule has 0 aromatic rings. The van der Waals surface area contributed by atoms with Gasteiger partial charge in [0.15, 0.2) is 0 Å². The van der Waals surface area contributed by atoms with Crippen molar-refractivity contribution in [3.05, 3.63) is 6.92 Å². The van der Waals surface area contributed by atoms with Gasteiger partial charge in [-0.25, -0.2) is 0 Å². The summed E-state index contributed by atoms with van der Waals surface area (Å²) >= 11 is 0. The fraction of sp³-hybridized carbons (Fsp3) is 0.833. The molecule has 2 aliphatic rings. The zero-order chi connectivity index (χ0) is 5.61. The number of ether oxygens (including phenoxy) is 1. The Labute approximate surface area is 49.2 Å². The zero-order valence-corrected chi connectivity index (χ0v) is 4.81. The lowest BCUT2D eigenvalue weighted by molar-refractivity contribution is -0.186. The molecule has 2 aliphatic heterocycles. The van der Waals surface area contributed by atoms with Gasteiger partial charge in [-0.1, -0.05) is 0 Å². The van der Waals surface area contributed by atoms with E-state index in [9.17, 15) is 0 Å². The highest BCUT2D eigenvalue weighted by atomic mass is 16.5. The van der Waals surface area contributed by atoms with Crippen molar-refractivity contribution in [1.82, 2.24) is 5.32 Å². The van der Waals surface area contributed by atoms with Crippen LogP contribution in [-0.2, 0) is 4.74 Å². The average molecular weight is 112 g/mol. The molecule has 2 saturated heterocycles. The lowest BCUT2D eigenvalue weighted by Gasteiger charge is -2.54. The minimum atomic E-state index is 0.267. The molecule has 0 bridgehead atoms. The van der Waals surface area contributed by atoms with E-state index in [1.807, 2.05) is 0 Å². The van der Waals surface area contributed by atoms with Crippen LogP contribution < -0.4 is 5.32 Å². The zero-order valence-electron chi connectivity index (χ0n) is 4.81. The topological polar surface area (TPSA) is 21.3 Å². The van der Waals surface area contributed by atoms with Crippen molar-refractivity contribution in [2.45, 2.75) is 6.10 Å². The van der Waals surface area contributed by atoms with Crippen LogP contribution in [0.3, 0.4) is 0 Å². The largest absolute Gasteiger partial charge is 0.377 e. The van der Waals surface area contributed by atoms with Gasteiger partial charge in [-0.15, -0.1) is 0 Å². The van der Waals surface area contributed by atoms with Crippen LogP contribution in [-0.4, -0.2) is 25.8 Å². The number of rotatable bonds is 0. The van der Waals surface area contributed by atoms with Crippen molar-refractivity contribution >= 4 is 0 Å². The molecule has 0 aliphatic carbocycles. The molecule has 2 heterocycles. The molecule has 2 nitrogen and oxygen atoms in total. The Kier molecular flexibility index (Phi) is 0.746. The molecular formula is C6H10NO. The minimum Gasteiger partial charge on any atom is -0.377 e. The molecule has 0 aromatic carbocycles. The summed E-state index contributed by atoms with van der Waals surface area (Å²) in [5, 5.41) is 3.21. The normalized spacial score (nSPS) is 40.9. The van der Waals surface area contributed by atoms with Gasteiger partial charge in [-0.3, -0.25) is 0 Å². The first-order valence-corrected chi connectivity index (χ1v) is 2.99. The summed E-state index contributed by atoms with van der Waals surface area (Å²) < 4.78 is 5.14. The fourth-order valence-electron chi connectivity index (χ4n) is 1.21. The standard InChI is InChI=1S/C6H10NO/c1-5-6(4-8-5)2-7-3-6/h5,7H,1-4H2. The van der Waals surface area contributed by atoms with Crippen LogP contribution in [0.2, 0.25) is 0 Å². The molecule has 0 aromatic heterocycles. The monoisotopic (exact) mass is 112 g/mol. The summed E-state index contributed by atoms with van der Waals surface area (Å²) in [5.74, 6) is 0. The van der Waals surface area contributed by atoms with Crippen molar-refractivity contribution in [3.8, 4) is 0 Å². The Balaban J connectivity index is 2.03. The van der Waals surface area contributed by atoms with E-state index >= 15 is 0 Å². The van der Waals surface area contributed by atoms with E-state index in [1.54, 1.807) is 0 Å². The van der Waals surface area contributed by atoms with E-state index in [2.05, 4.69) is 12.2 Å². The van der Waals surface area contributed by atoms with Gasteiger partial charge in [0.2, 0.25) is 0 Å². The highest BCUT2D eigenvalue weighted by Crippen LogP contribution is 2.37. The minimum absolute atomic E-state index is 0.267. The first-order chi connectivity index (χ1) is 3.83. The Hall–Kier alpha value is -0.0800. The van der Waals surface area contributed by atoms with Crippen molar-refractivity contribution in [3.63, 3.8) is 0 Å². The molecule has 1 spiro atoms. The second-order valence-electron chi connectivity index (χ2n) is 2.77. The van der Waals surface area contributed by atoms with Crippen molar-refractivity contribution < 1.29 is 4.74 Å². The van der Waals surface area contributed by atoms with E-state index in [4.69, 9.17) is 4.74 Å². The van der Waals surface area contributed by atoms with Crippen LogP contribution in [0.15, 0.2) is 0 Å². The SMILES string of the molecule is [CH2]C1OCC12CNC2. The highest BCUT2D eigenvalue weighted by molar-refractivity contribution is 5.04. The molecule has 0 saturated carbocycles. The molecule has 2 heteroatoms. The second-order valence-corrected chi connectivity index (χ2v) is 2.77. The maximum Gasteiger partial charge on any atom is 0.0679 e.